The molecule has 0 radical (unpaired) electrons. The van der Waals surface area contributed by atoms with Crippen molar-refractivity contribution < 1.29 is 9.90 Å². The van der Waals surface area contributed by atoms with E-state index in [0.29, 0.717) is 12.8 Å². The number of carboxylic acids is 1. The smallest absolute Gasteiger partial charge is 0.324 e. The van der Waals surface area contributed by atoms with Crippen LogP contribution in [0.1, 0.15) is 12.1 Å². The lowest BCUT2D eigenvalue weighted by Gasteiger charge is -2.38. The quantitative estimate of drug-likeness (QED) is 0.602. The zero-order valence-corrected chi connectivity index (χ0v) is 7.08. The molecule has 0 amide bonds. The lowest BCUT2D eigenvalue weighted by Crippen LogP contribution is -2.63. The second kappa shape index (κ2) is 2.85. The summed E-state index contributed by atoms with van der Waals surface area (Å²) in [5.74, 6) is -0.784. The first-order valence-corrected chi connectivity index (χ1v) is 4.19. The molecule has 1 aliphatic heterocycles. The van der Waals surface area contributed by atoms with Gasteiger partial charge in [0.15, 0.2) is 0 Å². The van der Waals surface area contributed by atoms with Gasteiger partial charge in [0, 0.05) is 18.3 Å². The van der Waals surface area contributed by atoms with Gasteiger partial charge in [0.25, 0.3) is 0 Å². The van der Waals surface area contributed by atoms with E-state index < -0.39 is 11.5 Å². The van der Waals surface area contributed by atoms with E-state index in [0.717, 1.165) is 12.2 Å². The van der Waals surface area contributed by atoms with Crippen LogP contribution in [0.4, 0.5) is 0 Å². The number of aromatic nitrogens is 2. The van der Waals surface area contributed by atoms with Crippen LogP contribution in [0.3, 0.4) is 0 Å². The van der Waals surface area contributed by atoms with Crippen LogP contribution < -0.4 is 5.32 Å². The Morgan fingerprint density at radius 1 is 1.77 bits per heavy atom. The van der Waals surface area contributed by atoms with Crippen molar-refractivity contribution in [3.63, 3.8) is 0 Å². The summed E-state index contributed by atoms with van der Waals surface area (Å²) >= 11 is 0. The standard InChI is InChI=1S/C8H11N3O2/c12-7(13)8(1-2-11-8)3-6-4-9-5-10-6/h4-5,11H,1-3H2,(H,9,10)(H,12,13)/t8-/m0/s1. The van der Waals surface area contributed by atoms with Crippen LogP contribution in [0.25, 0.3) is 0 Å². The molecule has 0 aliphatic carbocycles. The second-order valence-corrected chi connectivity index (χ2v) is 3.32. The Labute approximate surface area is 75.2 Å². The van der Waals surface area contributed by atoms with E-state index in [9.17, 15) is 4.79 Å². The van der Waals surface area contributed by atoms with Gasteiger partial charge in [-0.05, 0) is 13.0 Å². The number of nitrogens with one attached hydrogen (secondary N) is 2. The van der Waals surface area contributed by atoms with Gasteiger partial charge in [-0.25, -0.2) is 4.98 Å². The highest BCUT2D eigenvalue weighted by molar-refractivity contribution is 5.80. The topological polar surface area (TPSA) is 78.0 Å². The van der Waals surface area contributed by atoms with Crippen LogP contribution in [0, 0.1) is 0 Å². The Morgan fingerprint density at radius 3 is 2.92 bits per heavy atom. The minimum absolute atomic E-state index is 0.475. The maximum atomic E-state index is 10.9. The first-order chi connectivity index (χ1) is 6.23. The summed E-state index contributed by atoms with van der Waals surface area (Å²) in [6.45, 7) is 0.778. The molecule has 0 aromatic carbocycles. The van der Waals surface area contributed by atoms with Gasteiger partial charge in [-0.15, -0.1) is 0 Å². The zero-order chi connectivity index (χ0) is 9.31. The molecule has 13 heavy (non-hydrogen) atoms. The van der Waals surface area contributed by atoms with Crippen molar-refractivity contribution in [2.75, 3.05) is 6.54 Å². The van der Waals surface area contributed by atoms with E-state index in [1.807, 2.05) is 0 Å². The summed E-state index contributed by atoms with van der Waals surface area (Å²) in [4.78, 5) is 17.7. The highest BCUT2D eigenvalue weighted by atomic mass is 16.4. The lowest BCUT2D eigenvalue weighted by atomic mass is 9.83. The molecule has 3 N–H and O–H groups in total. The first-order valence-electron chi connectivity index (χ1n) is 4.19. The van der Waals surface area contributed by atoms with Gasteiger partial charge in [0.1, 0.15) is 5.54 Å². The molecule has 1 fully saturated rings. The SMILES string of the molecule is O=C(O)[C@@]1(Cc2cnc[nH]2)CCN1. The van der Waals surface area contributed by atoms with Crippen molar-refractivity contribution in [1.29, 1.82) is 0 Å². The number of nitrogens with zero attached hydrogens (tertiary/aromatic N) is 1. The molecule has 1 aliphatic rings. The van der Waals surface area contributed by atoms with E-state index in [4.69, 9.17) is 5.11 Å². The summed E-state index contributed by atoms with van der Waals surface area (Å²) in [5.41, 5.74) is 0.0987. The number of carbonyl (C=O) groups is 1. The highest BCUT2D eigenvalue weighted by Gasteiger charge is 2.44. The third-order valence-corrected chi connectivity index (χ3v) is 2.47. The van der Waals surface area contributed by atoms with Crippen LogP contribution in [0.2, 0.25) is 0 Å². The molecule has 2 rings (SSSR count). The Balaban J connectivity index is 2.11. The number of H-pyrrole nitrogens is 1. The number of carboxylic acid groups (broad SMARTS) is 1. The summed E-state index contributed by atoms with van der Waals surface area (Å²) in [6.07, 6.45) is 4.37. The Kier molecular flexibility index (Phi) is 1.81. The highest BCUT2D eigenvalue weighted by Crippen LogP contribution is 2.23. The Bertz CT molecular complexity index is 303. The van der Waals surface area contributed by atoms with Crippen LogP contribution in [-0.4, -0.2) is 33.1 Å². The molecule has 0 spiro atoms. The molecule has 0 saturated carbocycles. The van der Waals surface area contributed by atoms with Crippen molar-refractivity contribution in [1.82, 2.24) is 15.3 Å². The molecular weight excluding hydrogens is 170 g/mol. The van der Waals surface area contributed by atoms with E-state index >= 15 is 0 Å². The van der Waals surface area contributed by atoms with Crippen LogP contribution >= 0.6 is 0 Å². The van der Waals surface area contributed by atoms with Gasteiger partial charge in [-0.3, -0.25) is 4.79 Å². The van der Waals surface area contributed by atoms with Crippen molar-refractivity contribution >= 4 is 5.97 Å². The van der Waals surface area contributed by atoms with Gasteiger partial charge in [-0.2, -0.15) is 0 Å². The van der Waals surface area contributed by atoms with Crippen molar-refractivity contribution in [3.05, 3.63) is 18.2 Å². The van der Waals surface area contributed by atoms with E-state index in [1.54, 1.807) is 12.5 Å². The predicted octanol–water partition coefficient (Wildman–Crippen LogP) is -0.231. The maximum Gasteiger partial charge on any atom is 0.324 e. The van der Waals surface area contributed by atoms with Gasteiger partial charge >= 0.3 is 5.97 Å². The molecule has 70 valence electrons. The maximum absolute atomic E-state index is 10.9. The predicted molar refractivity (Wildman–Crippen MR) is 45.3 cm³/mol. The Morgan fingerprint density at radius 2 is 2.54 bits per heavy atom. The van der Waals surface area contributed by atoms with E-state index in [-0.39, 0.29) is 0 Å². The molecule has 0 unspecified atom stereocenters. The fourth-order valence-electron chi connectivity index (χ4n) is 1.54. The minimum Gasteiger partial charge on any atom is -0.480 e. The number of hydrogen-bond donors (Lipinski definition) is 3. The molecule has 0 bridgehead atoms. The average molecular weight is 181 g/mol. The van der Waals surface area contributed by atoms with E-state index in [2.05, 4.69) is 15.3 Å². The number of aromatic amines is 1. The van der Waals surface area contributed by atoms with Crippen molar-refractivity contribution in [2.24, 2.45) is 0 Å². The molecular formula is C8H11N3O2. The lowest BCUT2D eigenvalue weighted by molar-refractivity contribution is -0.148. The summed E-state index contributed by atoms with van der Waals surface area (Å²) < 4.78 is 0. The monoisotopic (exact) mass is 181 g/mol. The Hall–Kier alpha value is -1.36. The first kappa shape index (κ1) is 8.25. The second-order valence-electron chi connectivity index (χ2n) is 3.32. The molecule has 5 heteroatoms. The zero-order valence-electron chi connectivity index (χ0n) is 7.08. The molecule has 1 aromatic rings. The van der Waals surface area contributed by atoms with E-state index in [1.165, 1.54) is 0 Å². The van der Waals surface area contributed by atoms with Crippen LogP contribution in [-0.2, 0) is 11.2 Å². The fourth-order valence-corrected chi connectivity index (χ4v) is 1.54. The third kappa shape index (κ3) is 1.31. The third-order valence-electron chi connectivity index (χ3n) is 2.47. The number of hydrogen-bond acceptors (Lipinski definition) is 3. The number of aliphatic carboxylic acids is 1. The largest absolute Gasteiger partial charge is 0.480 e. The van der Waals surface area contributed by atoms with Crippen molar-refractivity contribution in [2.45, 2.75) is 18.4 Å². The molecule has 2 heterocycles. The average Bonchev–Trinajstić information content (AvgIpc) is 2.47. The number of imidazole rings is 1. The van der Waals surface area contributed by atoms with Gasteiger partial charge < -0.3 is 15.4 Å². The summed E-state index contributed by atoms with van der Waals surface area (Å²) in [5, 5.41) is 11.9. The molecule has 1 aromatic heterocycles. The van der Waals surface area contributed by atoms with Crippen LogP contribution in [0.5, 0.6) is 0 Å². The van der Waals surface area contributed by atoms with Gasteiger partial charge in [0.2, 0.25) is 0 Å². The summed E-state index contributed by atoms with van der Waals surface area (Å²) in [6, 6.07) is 0. The van der Waals surface area contributed by atoms with Gasteiger partial charge in [0.05, 0.1) is 6.33 Å². The molecule has 1 saturated heterocycles. The fraction of sp³-hybridized carbons (Fsp3) is 0.500. The number of rotatable bonds is 3. The minimum atomic E-state index is -0.784. The molecule has 1 atom stereocenters. The van der Waals surface area contributed by atoms with Gasteiger partial charge in [-0.1, -0.05) is 0 Å². The van der Waals surface area contributed by atoms with Crippen LogP contribution in [0.15, 0.2) is 12.5 Å². The summed E-state index contributed by atoms with van der Waals surface area (Å²) in [7, 11) is 0. The van der Waals surface area contributed by atoms with Crippen molar-refractivity contribution in [3.8, 4) is 0 Å². The normalized spacial score (nSPS) is 26.8. The molecule has 5 nitrogen and oxygen atoms in total.